The van der Waals surface area contributed by atoms with Crippen molar-refractivity contribution >= 4 is 29.5 Å². The molecule has 0 unspecified atom stereocenters. The maximum absolute atomic E-state index is 12.3. The number of nitrogens with zero attached hydrogens (tertiary/aromatic N) is 1. The molecule has 0 heterocycles. The van der Waals surface area contributed by atoms with Gasteiger partial charge in [-0.2, -0.15) is 5.10 Å². The summed E-state index contributed by atoms with van der Waals surface area (Å²) in [5.41, 5.74) is 4.03. The van der Waals surface area contributed by atoms with Crippen molar-refractivity contribution in [3.63, 3.8) is 0 Å². The quantitative estimate of drug-likeness (QED) is 0.166. The van der Waals surface area contributed by atoms with Crippen LogP contribution in [-0.2, 0) is 0 Å². The number of ether oxygens (including phenoxy) is 2. The molecule has 0 atom stereocenters. The van der Waals surface area contributed by atoms with Crippen LogP contribution in [0.3, 0.4) is 0 Å². The molecule has 0 saturated carbocycles. The third-order valence-corrected chi connectivity index (χ3v) is 3.90. The minimum absolute atomic E-state index is 0.417. The standard InChI is InChI=1S/C21H25N3O3S/c1-3-5-14-26-18-12-8-17(9-13-18)20(25)27-19-10-6-16(7-11-19)15-23-24-21(28)22-4-2/h6-13,15H,3-5,14H2,1-2H3,(H2,22,24,28). The van der Waals surface area contributed by atoms with Gasteiger partial charge in [-0.15, -0.1) is 0 Å². The van der Waals surface area contributed by atoms with Gasteiger partial charge in [-0.05, 0) is 79.7 Å². The van der Waals surface area contributed by atoms with Crippen molar-refractivity contribution < 1.29 is 14.3 Å². The van der Waals surface area contributed by atoms with Gasteiger partial charge in [0.05, 0.1) is 18.4 Å². The van der Waals surface area contributed by atoms with Gasteiger partial charge in [0.1, 0.15) is 11.5 Å². The molecular formula is C21H25N3O3S. The molecule has 7 heteroatoms. The average Bonchev–Trinajstić information content (AvgIpc) is 2.70. The normalized spacial score (nSPS) is 10.5. The second-order valence-electron chi connectivity index (χ2n) is 5.91. The second kappa shape index (κ2) is 11.7. The number of esters is 1. The summed E-state index contributed by atoms with van der Waals surface area (Å²) in [5.74, 6) is 0.789. The van der Waals surface area contributed by atoms with E-state index in [1.165, 1.54) is 0 Å². The Morgan fingerprint density at radius 3 is 2.39 bits per heavy atom. The van der Waals surface area contributed by atoms with E-state index in [1.54, 1.807) is 54.7 Å². The van der Waals surface area contributed by atoms with Crippen LogP contribution in [0, 0.1) is 0 Å². The lowest BCUT2D eigenvalue weighted by molar-refractivity contribution is 0.0734. The summed E-state index contributed by atoms with van der Waals surface area (Å²) in [4.78, 5) is 12.3. The zero-order chi connectivity index (χ0) is 20.2. The Morgan fingerprint density at radius 2 is 1.75 bits per heavy atom. The van der Waals surface area contributed by atoms with Crippen LogP contribution < -0.4 is 20.2 Å². The molecule has 6 nitrogen and oxygen atoms in total. The number of hydrogen-bond acceptors (Lipinski definition) is 5. The highest BCUT2D eigenvalue weighted by atomic mass is 32.1. The average molecular weight is 400 g/mol. The van der Waals surface area contributed by atoms with Crippen LogP contribution in [0.4, 0.5) is 0 Å². The Labute approximate surface area is 170 Å². The number of carbonyl (C=O) groups is 1. The van der Waals surface area contributed by atoms with Crippen LogP contribution in [0.2, 0.25) is 0 Å². The zero-order valence-electron chi connectivity index (χ0n) is 16.1. The first-order valence-corrected chi connectivity index (χ1v) is 9.65. The van der Waals surface area contributed by atoms with Crippen molar-refractivity contribution in [2.45, 2.75) is 26.7 Å². The molecular weight excluding hydrogens is 374 g/mol. The van der Waals surface area contributed by atoms with Gasteiger partial charge in [0.2, 0.25) is 0 Å². The molecule has 0 saturated heterocycles. The third kappa shape index (κ3) is 7.36. The van der Waals surface area contributed by atoms with Crippen molar-refractivity contribution in [3.8, 4) is 11.5 Å². The topological polar surface area (TPSA) is 72.0 Å². The van der Waals surface area contributed by atoms with E-state index in [2.05, 4.69) is 22.8 Å². The lowest BCUT2D eigenvalue weighted by Crippen LogP contribution is -2.31. The first-order valence-electron chi connectivity index (χ1n) is 9.24. The van der Waals surface area contributed by atoms with Gasteiger partial charge in [-0.25, -0.2) is 4.79 Å². The molecule has 28 heavy (non-hydrogen) atoms. The molecule has 0 aliphatic heterocycles. The minimum Gasteiger partial charge on any atom is -0.494 e. The molecule has 0 aromatic heterocycles. The molecule has 2 rings (SSSR count). The van der Waals surface area contributed by atoms with Gasteiger partial charge in [-0.1, -0.05) is 13.3 Å². The van der Waals surface area contributed by atoms with Crippen LogP contribution in [0.1, 0.15) is 42.6 Å². The SMILES string of the molecule is CCCCOc1ccc(C(=O)Oc2ccc(C=NNC(=S)NCC)cc2)cc1. The highest BCUT2D eigenvalue weighted by Gasteiger charge is 2.08. The van der Waals surface area contributed by atoms with Crippen molar-refractivity contribution in [2.24, 2.45) is 5.10 Å². The smallest absolute Gasteiger partial charge is 0.343 e. The van der Waals surface area contributed by atoms with Gasteiger partial charge in [0.15, 0.2) is 5.11 Å². The summed E-state index contributed by atoms with van der Waals surface area (Å²) in [5, 5.41) is 7.43. The van der Waals surface area contributed by atoms with E-state index in [1.807, 2.05) is 6.92 Å². The van der Waals surface area contributed by atoms with Gasteiger partial charge in [-0.3, -0.25) is 5.43 Å². The molecule has 0 radical (unpaired) electrons. The molecule has 0 bridgehead atoms. The van der Waals surface area contributed by atoms with Crippen LogP contribution >= 0.6 is 12.2 Å². The molecule has 0 aliphatic carbocycles. The lowest BCUT2D eigenvalue weighted by Gasteiger charge is -2.07. The van der Waals surface area contributed by atoms with Crippen LogP contribution in [0.25, 0.3) is 0 Å². The lowest BCUT2D eigenvalue weighted by atomic mass is 10.2. The summed E-state index contributed by atoms with van der Waals surface area (Å²) in [6.07, 6.45) is 3.71. The van der Waals surface area contributed by atoms with Gasteiger partial charge >= 0.3 is 5.97 Å². The number of thiocarbonyl (C=S) groups is 1. The van der Waals surface area contributed by atoms with Crippen molar-refractivity contribution in [1.29, 1.82) is 0 Å². The van der Waals surface area contributed by atoms with Crippen LogP contribution in [0.5, 0.6) is 11.5 Å². The summed E-state index contributed by atoms with van der Waals surface area (Å²) in [7, 11) is 0. The van der Waals surface area contributed by atoms with E-state index < -0.39 is 5.97 Å². The van der Waals surface area contributed by atoms with E-state index in [4.69, 9.17) is 21.7 Å². The van der Waals surface area contributed by atoms with Crippen LogP contribution in [0.15, 0.2) is 53.6 Å². The fourth-order valence-corrected chi connectivity index (χ4v) is 2.37. The largest absolute Gasteiger partial charge is 0.494 e. The number of carbonyl (C=O) groups excluding carboxylic acids is 1. The summed E-state index contributed by atoms with van der Waals surface area (Å²) in [6.45, 7) is 5.47. The monoisotopic (exact) mass is 399 g/mol. The van der Waals surface area contributed by atoms with E-state index in [0.717, 1.165) is 30.7 Å². The molecule has 0 spiro atoms. The van der Waals surface area contributed by atoms with Gasteiger partial charge < -0.3 is 14.8 Å². The fourth-order valence-electron chi connectivity index (χ4n) is 2.18. The van der Waals surface area contributed by atoms with Crippen LogP contribution in [-0.4, -0.2) is 30.4 Å². The maximum atomic E-state index is 12.3. The number of rotatable bonds is 9. The fraction of sp³-hybridized carbons (Fsp3) is 0.286. The first kappa shape index (κ1) is 21.4. The van der Waals surface area contributed by atoms with Crippen molar-refractivity contribution in [2.75, 3.05) is 13.2 Å². The maximum Gasteiger partial charge on any atom is 0.343 e. The van der Waals surface area contributed by atoms with Gasteiger partial charge in [0.25, 0.3) is 0 Å². The Morgan fingerprint density at radius 1 is 1.07 bits per heavy atom. The van der Waals surface area contributed by atoms with Gasteiger partial charge in [0, 0.05) is 6.54 Å². The van der Waals surface area contributed by atoms with Crippen molar-refractivity contribution in [3.05, 3.63) is 59.7 Å². The predicted octanol–water partition coefficient (Wildman–Crippen LogP) is 3.90. The Balaban J connectivity index is 1.86. The number of unbranched alkanes of at least 4 members (excludes halogenated alkanes) is 1. The Hall–Kier alpha value is -2.93. The minimum atomic E-state index is -0.417. The number of hydrogen-bond donors (Lipinski definition) is 2. The molecule has 2 aromatic carbocycles. The Kier molecular flexibility index (Phi) is 8.94. The molecule has 0 aliphatic rings. The first-order chi connectivity index (χ1) is 13.6. The third-order valence-electron chi connectivity index (χ3n) is 3.66. The second-order valence-corrected chi connectivity index (χ2v) is 6.32. The van der Waals surface area contributed by atoms with E-state index in [9.17, 15) is 4.79 Å². The summed E-state index contributed by atoms with van der Waals surface area (Å²) < 4.78 is 11.0. The zero-order valence-corrected chi connectivity index (χ0v) is 16.9. The summed E-state index contributed by atoms with van der Waals surface area (Å²) >= 11 is 5.02. The number of nitrogens with one attached hydrogen (secondary N) is 2. The highest BCUT2D eigenvalue weighted by molar-refractivity contribution is 7.80. The molecule has 2 N–H and O–H groups in total. The van der Waals surface area contributed by atoms with E-state index in [0.29, 0.717) is 23.0 Å². The van der Waals surface area contributed by atoms with Crippen molar-refractivity contribution in [1.82, 2.24) is 10.7 Å². The van der Waals surface area contributed by atoms with E-state index in [-0.39, 0.29) is 0 Å². The molecule has 148 valence electrons. The number of benzene rings is 2. The molecule has 0 amide bonds. The Bertz CT molecular complexity index is 790. The van der Waals surface area contributed by atoms with E-state index >= 15 is 0 Å². The predicted molar refractivity (Wildman–Crippen MR) is 115 cm³/mol. The highest BCUT2D eigenvalue weighted by Crippen LogP contribution is 2.16. The summed E-state index contributed by atoms with van der Waals surface area (Å²) in [6, 6.07) is 14.0. The molecule has 2 aromatic rings. The number of hydrazone groups is 1. The molecule has 0 fully saturated rings.